The quantitative estimate of drug-likeness (QED) is 0.752. The number of nitrogens with two attached hydrogens (primary N) is 1. The van der Waals surface area contributed by atoms with E-state index in [1.807, 2.05) is 11.0 Å². The zero-order valence-electron chi connectivity index (χ0n) is 12.0. The number of dihydropyridines is 1. The number of nitrogens with zero attached hydrogens (tertiary/aromatic N) is 2. The summed E-state index contributed by atoms with van der Waals surface area (Å²) in [6, 6.07) is 0. The van der Waals surface area contributed by atoms with Gasteiger partial charge in [-0.3, -0.25) is 9.89 Å². The second kappa shape index (κ2) is 4.46. The highest BCUT2D eigenvalue weighted by atomic mass is 16.2. The van der Waals surface area contributed by atoms with Crippen LogP contribution in [-0.2, 0) is 4.79 Å². The van der Waals surface area contributed by atoms with Gasteiger partial charge in [0.15, 0.2) is 0 Å². The number of rotatable bonds is 2. The monoisotopic (exact) mass is 285 g/mol. The first-order chi connectivity index (χ1) is 10.1. The topological polar surface area (TPSA) is 87.0 Å². The molecule has 3 heterocycles. The van der Waals surface area contributed by atoms with E-state index in [9.17, 15) is 4.79 Å². The fraction of sp³-hybridized carbons (Fsp3) is 0.467. The first kappa shape index (κ1) is 12.6. The van der Waals surface area contributed by atoms with Gasteiger partial charge in [-0.15, -0.1) is 0 Å². The van der Waals surface area contributed by atoms with Crippen molar-refractivity contribution in [3.8, 4) is 0 Å². The van der Waals surface area contributed by atoms with E-state index >= 15 is 0 Å². The molecule has 6 nitrogen and oxygen atoms in total. The van der Waals surface area contributed by atoms with Crippen molar-refractivity contribution in [1.82, 2.24) is 15.5 Å². The van der Waals surface area contributed by atoms with E-state index in [0.717, 1.165) is 24.2 Å². The van der Waals surface area contributed by atoms with Crippen LogP contribution in [0.1, 0.15) is 19.8 Å². The zero-order valence-corrected chi connectivity index (χ0v) is 12.0. The molecule has 1 fully saturated rings. The number of H-pyrrole nitrogens is 1. The van der Waals surface area contributed by atoms with Crippen LogP contribution in [0.15, 0.2) is 35.3 Å². The Kier molecular flexibility index (Phi) is 2.68. The minimum absolute atomic E-state index is 0.0849. The van der Waals surface area contributed by atoms with E-state index < -0.39 is 0 Å². The number of carbonyl (C=O) groups is 1. The first-order valence-electron chi connectivity index (χ1n) is 7.39. The molecule has 110 valence electrons. The summed E-state index contributed by atoms with van der Waals surface area (Å²) < 4.78 is 0. The van der Waals surface area contributed by atoms with Crippen molar-refractivity contribution in [3.63, 3.8) is 0 Å². The van der Waals surface area contributed by atoms with Gasteiger partial charge >= 0.3 is 0 Å². The summed E-state index contributed by atoms with van der Waals surface area (Å²) in [5, 5.41) is 10.1. The van der Waals surface area contributed by atoms with Crippen molar-refractivity contribution in [3.05, 3.63) is 35.3 Å². The Morgan fingerprint density at radius 2 is 2.24 bits per heavy atom. The highest BCUT2D eigenvalue weighted by Gasteiger charge is 2.46. The van der Waals surface area contributed by atoms with Crippen LogP contribution in [0.25, 0.3) is 0 Å². The zero-order chi connectivity index (χ0) is 14.6. The number of aromatic nitrogens is 2. The van der Waals surface area contributed by atoms with Gasteiger partial charge in [-0.25, -0.2) is 0 Å². The molecular weight excluding hydrogens is 266 g/mol. The molecule has 6 heteroatoms. The first-order valence-corrected chi connectivity index (χ1v) is 7.39. The predicted octanol–water partition coefficient (Wildman–Crippen LogP) is 0.871. The molecule has 4 N–H and O–H groups in total. The minimum Gasteiger partial charge on any atom is -0.369 e. The molecule has 0 radical (unpaired) electrons. The van der Waals surface area contributed by atoms with Crippen LogP contribution in [0.5, 0.6) is 0 Å². The normalized spacial score (nSPS) is 29.1. The van der Waals surface area contributed by atoms with E-state index in [-0.39, 0.29) is 18.0 Å². The smallest absolute Gasteiger partial charge is 0.236 e. The van der Waals surface area contributed by atoms with Gasteiger partial charge < -0.3 is 16.0 Å². The van der Waals surface area contributed by atoms with Gasteiger partial charge in [-0.05, 0) is 42.9 Å². The van der Waals surface area contributed by atoms with Crippen LogP contribution in [0.2, 0.25) is 0 Å². The lowest BCUT2D eigenvalue weighted by Crippen LogP contribution is -2.51. The maximum atomic E-state index is 12.9. The van der Waals surface area contributed by atoms with Crippen molar-refractivity contribution in [2.75, 3.05) is 11.4 Å². The van der Waals surface area contributed by atoms with Crippen LogP contribution >= 0.6 is 0 Å². The van der Waals surface area contributed by atoms with Gasteiger partial charge in [-0.2, -0.15) is 5.10 Å². The van der Waals surface area contributed by atoms with Crippen LogP contribution < -0.4 is 16.0 Å². The van der Waals surface area contributed by atoms with E-state index in [1.54, 1.807) is 12.4 Å². The van der Waals surface area contributed by atoms with Crippen molar-refractivity contribution < 1.29 is 4.79 Å². The summed E-state index contributed by atoms with van der Waals surface area (Å²) in [7, 11) is 0. The van der Waals surface area contributed by atoms with E-state index in [0.29, 0.717) is 12.5 Å². The number of aromatic amines is 1. The summed E-state index contributed by atoms with van der Waals surface area (Å²) in [5.41, 5.74) is 10.3. The minimum atomic E-state index is -0.196. The lowest BCUT2D eigenvalue weighted by atomic mass is 9.85. The third-order valence-corrected chi connectivity index (χ3v) is 4.60. The third-order valence-electron chi connectivity index (χ3n) is 4.60. The fourth-order valence-electron chi connectivity index (χ4n) is 3.38. The Morgan fingerprint density at radius 3 is 2.90 bits per heavy atom. The molecule has 1 aromatic heterocycles. The molecule has 4 rings (SSSR count). The average Bonchev–Trinajstić information content (AvgIpc) is 3.12. The summed E-state index contributed by atoms with van der Waals surface area (Å²) >= 11 is 0. The lowest BCUT2D eigenvalue weighted by Gasteiger charge is -2.39. The Hall–Kier alpha value is -2.08. The molecule has 1 aromatic rings. The fourth-order valence-corrected chi connectivity index (χ4v) is 3.38. The Balaban J connectivity index is 1.78. The number of anilines is 1. The van der Waals surface area contributed by atoms with Gasteiger partial charge in [0.05, 0.1) is 30.5 Å². The average molecular weight is 285 g/mol. The molecule has 2 aliphatic heterocycles. The molecule has 0 spiro atoms. The highest BCUT2D eigenvalue weighted by molar-refractivity contribution is 5.99. The molecule has 21 heavy (non-hydrogen) atoms. The molecule has 1 aliphatic carbocycles. The lowest BCUT2D eigenvalue weighted by molar-refractivity contribution is -0.122. The molecular formula is C15H19N5O. The number of hydrogen-bond acceptors (Lipinski definition) is 4. The van der Waals surface area contributed by atoms with Crippen LogP contribution in [0.4, 0.5) is 5.69 Å². The Morgan fingerprint density at radius 1 is 1.43 bits per heavy atom. The summed E-state index contributed by atoms with van der Waals surface area (Å²) in [6.45, 7) is 2.66. The van der Waals surface area contributed by atoms with Gasteiger partial charge in [0.1, 0.15) is 0 Å². The van der Waals surface area contributed by atoms with Crippen molar-refractivity contribution in [2.24, 2.45) is 17.6 Å². The predicted molar refractivity (Wildman–Crippen MR) is 79.0 cm³/mol. The maximum Gasteiger partial charge on any atom is 0.236 e. The van der Waals surface area contributed by atoms with Crippen LogP contribution in [0.3, 0.4) is 0 Å². The summed E-state index contributed by atoms with van der Waals surface area (Å²) in [6.07, 6.45) is 7.53. The molecule has 2 unspecified atom stereocenters. The number of hydrogen-bond donors (Lipinski definition) is 3. The molecule has 0 bridgehead atoms. The molecule has 0 aromatic carbocycles. The molecule has 3 aliphatic rings. The molecule has 1 amide bonds. The summed E-state index contributed by atoms with van der Waals surface area (Å²) in [4.78, 5) is 14.8. The van der Waals surface area contributed by atoms with Crippen LogP contribution in [0, 0.1) is 11.8 Å². The van der Waals surface area contributed by atoms with Crippen molar-refractivity contribution in [1.29, 1.82) is 0 Å². The maximum absolute atomic E-state index is 12.9. The van der Waals surface area contributed by atoms with Gasteiger partial charge in [0.2, 0.25) is 5.91 Å². The standard InChI is InChI=1S/C15H19N5O/c1-8-4-12(16)19-14-11(8)7-20(10-5-17-18-6-10)15(21)13(14)9-2-3-9/h4-6,9,12-13,19H,2-3,7,16H2,1H3,(H,17,18). The van der Waals surface area contributed by atoms with Crippen molar-refractivity contribution in [2.45, 2.75) is 25.9 Å². The number of amides is 1. The Labute approximate surface area is 123 Å². The molecule has 2 atom stereocenters. The highest BCUT2D eigenvalue weighted by Crippen LogP contribution is 2.45. The van der Waals surface area contributed by atoms with E-state index in [2.05, 4.69) is 22.4 Å². The van der Waals surface area contributed by atoms with Gasteiger partial charge in [0.25, 0.3) is 0 Å². The van der Waals surface area contributed by atoms with E-state index in [4.69, 9.17) is 5.73 Å². The largest absolute Gasteiger partial charge is 0.369 e. The van der Waals surface area contributed by atoms with Crippen molar-refractivity contribution >= 4 is 11.6 Å². The summed E-state index contributed by atoms with van der Waals surface area (Å²) in [5.74, 6) is 0.521. The molecule has 0 saturated heterocycles. The second-order valence-corrected chi connectivity index (χ2v) is 6.11. The van der Waals surface area contributed by atoms with Gasteiger partial charge in [0, 0.05) is 11.9 Å². The van der Waals surface area contributed by atoms with Crippen LogP contribution in [-0.4, -0.2) is 28.8 Å². The van der Waals surface area contributed by atoms with Gasteiger partial charge in [-0.1, -0.05) is 0 Å². The second-order valence-electron chi connectivity index (χ2n) is 6.11. The number of carbonyl (C=O) groups excluding carboxylic acids is 1. The van der Waals surface area contributed by atoms with E-state index in [1.165, 1.54) is 11.1 Å². The number of nitrogens with one attached hydrogen (secondary N) is 2. The molecule has 1 saturated carbocycles. The third kappa shape index (κ3) is 1.98. The SMILES string of the molecule is CC1=CC(N)NC2=C1CN(c1cn[nH]c1)C(=O)C2C1CC1. The Bertz CT molecular complexity index is 641.